The van der Waals surface area contributed by atoms with Crippen molar-refractivity contribution in [3.63, 3.8) is 0 Å². The number of hydrogen-bond donors (Lipinski definition) is 1. The Bertz CT molecular complexity index is 1210. The van der Waals surface area contributed by atoms with Crippen LogP contribution in [-0.4, -0.2) is 64.3 Å². The molecule has 8 heteroatoms. The van der Waals surface area contributed by atoms with Crippen molar-refractivity contribution in [1.82, 2.24) is 19.8 Å². The minimum absolute atomic E-state index is 0.00110. The van der Waals surface area contributed by atoms with Gasteiger partial charge in [-0.05, 0) is 42.8 Å². The lowest BCUT2D eigenvalue weighted by Crippen LogP contribution is -2.48. The summed E-state index contributed by atoms with van der Waals surface area (Å²) in [5.74, 6) is 0.782. The number of fused-ring (bicyclic) bond motifs is 1. The highest BCUT2D eigenvalue weighted by Gasteiger charge is 2.24. The molecule has 1 N–H and O–H groups in total. The van der Waals surface area contributed by atoms with Gasteiger partial charge in [0.1, 0.15) is 5.82 Å². The quantitative estimate of drug-likeness (QED) is 0.683. The van der Waals surface area contributed by atoms with Gasteiger partial charge in [0, 0.05) is 50.4 Å². The van der Waals surface area contributed by atoms with Crippen LogP contribution < -0.4 is 10.5 Å². The zero-order chi connectivity index (χ0) is 22.1. The maximum atomic E-state index is 12.9. The van der Waals surface area contributed by atoms with Gasteiger partial charge in [0.2, 0.25) is 5.91 Å². The van der Waals surface area contributed by atoms with Gasteiger partial charge < -0.3 is 14.8 Å². The topological polar surface area (TPSA) is 89.6 Å². The predicted molar refractivity (Wildman–Crippen MR) is 122 cm³/mol. The van der Waals surface area contributed by atoms with Gasteiger partial charge in [-0.25, -0.2) is 4.98 Å². The lowest BCUT2D eigenvalue weighted by atomic mass is 10.1. The standard InChI is InChI=1S/C24H25N5O3/c30-22-6-3-11-29(22)18-9-7-17(8-10-18)24(32)28-14-12-27(13-15-28)16-21-25-20-5-2-1-4-19(20)23(31)26-21/h1-2,4-5,7-10H,3,6,11-16H2,(H,25,26,31). The van der Waals surface area contributed by atoms with E-state index in [2.05, 4.69) is 14.9 Å². The molecule has 8 nitrogen and oxygen atoms in total. The van der Waals surface area contributed by atoms with E-state index in [1.807, 2.05) is 35.2 Å². The average Bonchev–Trinajstić information content (AvgIpc) is 3.25. The van der Waals surface area contributed by atoms with Crippen molar-refractivity contribution in [2.75, 3.05) is 37.6 Å². The summed E-state index contributed by atoms with van der Waals surface area (Å²) in [6.45, 7) is 3.93. The molecule has 164 valence electrons. The molecule has 2 amide bonds. The van der Waals surface area contributed by atoms with E-state index < -0.39 is 0 Å². The van der Waals surface area contributed by atoms with Crippen LogP contribution in [0.2, 0.25) is 0 Å². The second-order valence-electron chi connectivity index (χ2n) is 8.29. The highest BCUT2D eigenvalue weighted by atomic mass is 16.2. The van der Waals surface area contributed by atoms with Gasteiger partial charge >= 0.3 is 0 Å². The number of H-pyrrole nitrogens is 1. The van der Waals surface area contributed by atoms with Crippen LogP contribution >= 0.6 is 0 Å². The Kier molecular flexibility index (Phi) is 5.45. The molecule has 0 saturated carbocycles. The van der Waals surface area contributed by atoms with Crippen LogP contribution in [0.4, 0.5) is 5.69 Å². The van der Waals surface area contributed by atoms with Crippen LogP contribution in [0.3, 0.4) is 0 Å². The van der Waals surface area contributed by atoms with Crippen LogP contribution in [0.25, 0.3) is 10.9 Å². The third-order valence-electron chi connectivity index (χ3n) is 6.19. The largest absolute Gasteiger partial charge is 0.336 e. The number of anilines is 1. The number of para-hydroxylation sites is 1. The number of carbonyl (C=O) groups is 2. The third kappa shape index (κ3) is 4.01. The smallest absolute Gasteiger partial charge is 0.258 e. The summed E-state index contributed by atoms with van der Waals surface area (Å²) < 4.78 is 0. The molecule has 2 fully saturated rings. The number of nitrogens with zero attached hydrogens (tertiary/aromatic N) is 4. The lowest BCUT2D eigenvalue weighted by Gasteiger charge is -2.34. The van der Waals surface area contributed by atoms with Gasteiger partial charge in [0.15, 0.2) is 0 Å². The van der Waals surface area contributed by atoms with E-state index in [0.29, 0.717) is 61.4 Å². The first kappa shape index (κ1) is 20.4. The molecule has 5 rings (SSSR count). The van der Waals surface area contributed by atoms with Gasteiger partial charge in [-0.1, -0.05) is 12.1 Å². The van der Waals surface area contributed by atoms with Gasteiger partial charge in [-0.3, -0.25) is 19.3 Å². The second kappa shape index (κ2) is 8.55. The fraction of sp³-hybridized carbons (Fsp3) is 0.333. The SMILES string of the molecule is O=C(c1ccc(N2CCCC2=O)cc1)N1CCN(Cc2nc3ccccc3c(=O)[nH]2)CC1. The van der Waals surface area contributed by atoms with Crippen molar-refractivity contribution in [1.29, 1.82) is 0 Å². The van der Waals surface area contributed by atoms with E-state index in [9.17, 15) is 14.4 Å². The number of benzene rings is 2. The Morgan fingerprint density at radius 2 is 1.69 bits per heavy atom. The normalized spacial score (nSPS) is 17.3. The molecule has 2 aliphatic heterocycles. The zero-order valence-electron chi connectivity index (χ0n) is 17.8. The number of piperazine rings is 1. The minimum atomic E-state index is -0.126. The summed E-state index contributed by atoms with van der Waals surface area (Å²) in [5.41, 5.74) is 2.05. The Morgan fingerprint density at radius 3 is 2.41 bits per heavy atom. The maximum absolute atomic E-state index is 12.9. The van der Waals surface area contributed by atoms with Crippen molar-refractivity contribution in [2.24, 2.45) is 0 Å². The number of amides is 2. The predicted octanol–water partition coefficient (Wildman–Crippen LogP) is 2.01. The summed E-state index contributed by atoms with van der Waals surface area (Å²) >= 11 is 0. The van der Waals surface area contributed by atoms with E-state index in [1.54, 1.807) is 23.1 Å². The number of aromatic amines is 1. The van der Waals surface area contributed by atoms with E-state index in [1.165, 1.54) is 0 Å². The molecular weight excluding hydrogens is 406 g/mol. The molecule has 0 bridgehead atoms. The summed E-state index contributed by atoms with van der Waals surface area (Å²) in [6.07, 6.45) is 1.47. The molecule has 3 aromatic rings. The number of hydrogen-bond acceptors (Lipinski definition) is 5. The Morgan fingerprint density at radius 1 is 0.938 bits per heavy atom. The Hall–Kier alpha value is -3.52. The van der Waals surface area contributed by atoms with Crippen molar-refractivity contribution < 1.29 is 9.59 Å². The van der Waals surface area contributed by atoms with Crippen LogP contribution in [0.15, 0.2) is 53.3 Å². The fourth-order valence-corrected chi connectivity index (χ4v) is 4.42. The molecule has 0 aliphatic carbocycles. The van der Waals surface area contributed by atoms with Crippen molar-refractivity contribution in [3.05, 3.63) is 70.3 Å². The molecule has 0 atom stereocenters. The number of rotatable bonds is 4. The molecule has 2 saturated heterocycles. The lowest BCUT2D eigenvalue weighted by molar-refractivity contribution is -0.117. The summed E-state index contributed by atoms with van der Waals surface area (Å²) in [4.78, 5) is 50.4. The molecule has 0 radical (unpaired) electrons. The van der Waals surface area contributed by atoms with Crippen molar-refractivity contribution in [2.45, 2.75) is 19.4 Å². The number of nitrogens with one attached hydrogen (secondary N) is 1. The molecule has 0 spiro atoms. The maximum Gasteiger partial charge on any atom is 0.258 e. The third-order valence-corrected chi connectivity index (χ3v) is 6.19. The van der Waals surface area contributed by atoms with Crippen LogP contribution in [0.5, 0.6) is 0 Å². The molecule has 3 heterocycles. The first-order valence-electron chi connectivity index (χ1n) is 11.0. The molecule has 0 unspecified atom stereocenters. The first-order valence-corrected chi connectivity index (χ1v) is 11.0. The fourth-order valence-electron chi connectivity index (χ4n) is 4.42. The van der Waals surface area contributed by atoms with Crippen molar-refractivity contribution >= 4 is 28.4 Å². The van der Waals surface area contributed by atoms with Gasteiger partial charge in [0.05, 0.1) is 17.4 Å². The minimum Gasteiger partial charge on any atom is -0.336 e. The van der Waals surface area contributed by atoms with Gasteiger partial charge in [-0.2, -0.15) is 0 Å². The zero-order valence-corrected chi connectivity index (χ0v) is 17.8. The summed E-state index contributed by atoms with van der Waals surface area (Å²) in [6, 6.07) is 14.6. The summed E-state index contributed by atoms with van der Waals surface area (Å²) in [7, 11) is 0. The van der Waals surface area contributed by atoms with Gasteiger partial charge in [0.25, 0.3) is 11.5 Å². The van der Waals surface area contributed by atoms with Crippen LogP contribution in [0.1, 0.15) is 29.0 Å². The summed E-state index contributed by atoms with van der Waals surface area (Å²) in [5, 5.41) is 0.590. The molecule has 32 heavy (non-hydrogen) atoms. The van der Waals surface area contributed by atoms with E-state index in [-0.39, 0.29) is 17.4 Å². The average molecular weight is 431 g/mol. The number of carbonyl (C=O) groups excluding carboxylic acids is 2. The van der Waals surface area contributed by atoms with Crippen molar-refractivity contribution in [3.8, 4) is 0 Å². The highest BCUT2D eigenvalue weighted by molar-refractivity contribution is 5.97. The first-order chi connectivity index (χ1) is 15.6. The second-order valence-corrected chi connectivity index (χ2v) is 8.29. The van der Waals surface area contributed by atoms with E-state index in [4.69, 9.17) is 0 Å². The highest BCUT2D eigenvalue weighted by Crippen LogP contribution is 2.22. The monoisotopic (exact) mass is 431 g/mol. The molecule has 2 aromatic carbocycles. The molecule has 1 aromatic heterocycles. The van der Waals surface area contributed by atoms with Crippen LogP contribution in [0, 0.1) is 0 Å². The molecule has 2 aliphatic rings. The van der Waals surface area contributed by atoms with E-state index in [0.717, 1.165) is 18.7 Å². The van der Waals surface area contributed by atoms with E-state index >= 15 is 0 Å². The Balaban J connectivity index is 1.20. The van der Waals surface area contributed by atoms with Gasteiger partial charge in [-0.15, -0.1) is 0 Å². The van der Waals surface area contributed by atoms with Crippen LogP contribution in [-0.2, 0) is 11.3 Å². The Labute approximate surface area is 185 Å². The number of aromatic nitrogens is 2. The molecular formula is C24H25N5O3.